The van der Waals surface area contributed by atoms with Gasteiger partial charge < -0.3 is 14.8 Å². The highest BCUT2D eigenvalue weighted by molar-refractivity contribution is 5.96. The Morgan fingerprint density at radius 2 is 1.96 bits per heavy atom. The van der Waals surface area contributed by atoms with Crippen LogP contribution in [0.15, 0.2) is 46.6 Å². The number of nitrogens with one attached hydrogen (secondary N) is 1. The summed E-state index contributed by atoms with van der Waals surface area (Å²) in [4.78, 5) is 20.9. The summed E-state index contributed by atoms with van der Waals surface area (Å²) in [6.45, 7) is 9.73. The molecule has 6 nitrogen and oxygen atoms in total. The lowest BCUT2D eigenvalue weighted by Gasteiger charge is -2.19. The summed E-state index contributed by atoms with van der Waals surface area (Å²) in [5.41, 5.74) is 1.42. The first-order chi connectivity index (χ1) is 13.1. The zero-order valence-corrected chi connectivity index (χ0v) is 16.8. The van der Waals surface area contributed by atoms with E-state index in [4.69, 9.17) is 4.42 Å². The van der Waals surface area contributed by atoms with Crippen molar-refractivity contribution < 1.29 is 14.3 Å². The van der Waals surface area contributed by atoms with Crippen molar-refractivity contribution in [3.63, 3.8) is 0 Å². The fourth-order valence-corrected chi connectivity index (χ4v) is 2.90. The first kappa shape index (κ1) is 19.6. The SMILES string of the molecule is CC(C)Nc1nc(-c2ccco2)nc2ccc(/C=C(/C(=O)O)C(C)(C)C)cc12. The summed E-state index contributed by atoms with van der Waals surface area (Å²) in [6, 6.07) is 9.45. The Morgan fingerprint density at radius 3 is 2.54 bits per heavy atom. The number of furan rings is 1. The predicted octanol–water partition coefficient (Wildman–Crippen LogP) is 5.22. The topological polar surface area (TPSA) is 88.3 Å². The highest BCUT2D eigenvalue weighted by atomic mass is 16.4. The van der Waals surface area contributed by atoms with Gasteiger partial charge in [0.1, 0.15) is 5.82 Å². The number of rotatable bonds is 5. The second-order valence-corrected chi connectivity index (χ2v) is 8.06. The molecule has 6 heteroatoms. The van der Waals surface area contributed by atoms with Gasteiger partial charge in [0.2, 0.25) is 0 Å². The average Bonchev–Trinajstić information content (AvgIpc) is 3.12. The van der Waals surface area contributed by atoms with Gasteiger partial charge >= 0.3 is 5.97 Å². The minimum atomic E-state index is -0.919. The molecule has 0 aliphatic heterocycles. The number of fused-ring (bicyclic) bond motifs is 1. The lowest BCUT2D eigenvalue weighted by atomic mass is 9.85. The molecule has 3 aromatic rings. The van der Waals surface area contributed by atoms with Crippen molar-refractivity contribution in [2.24, 2.45) is 5.41 Å². The number of benzene rings is 1. The van der Waals surface area contributed by atoms with Gasteiger partial charge in [-0.15, -0.1) is 0 Å². The highest BCUT2D eigenvalue weighted by Crippen LogP contribution is 2.30. The molecule has 2 N–H and O–H groups in total. The lowest BCUT2D eigenvalue weighted by Crippen LogP contribution is -2.17. The molecule has 1 aromatic carbocycles. The highest BCUT2D eigenvalue weighted by Gasteiger charge is 2.23. The summed E-state index contributed by atoms with van der Waals surface area (Å²) in [5, 5.41) is 13.8. The zero-order chi connectivity index (χ0) is 20.5. The van der Waals surface area contributed by atoms with E-state index in [0.29, 0.717) is 23.0 Å². The molecule has 0 saturated carbocycles. The molecule has 0 bridgehead atoms. The Morgan fingerprint density at radius 1 is 1.21 bits per heavy atom. The lowest BCUT2D eigenvalue weighted by molar-refractivity contribution is -0.133. The van der Waals surface area contributed by atoms with Crippen molar-refractivity contribution in [2.75, 3.05) is 5.32 Å². The maximum atomic E-state index is 11.7. The van der Waals surface area contributed by atoms with Crippen molar-refractivity contribution in [2.45, 2.75) is 40.7 Å². The van der Waals surface area contributed by atoms with Crippen LogP contribution in [0.1, 0.15) is 40.2 Å². The second-order valence-electron chi connectivity index (χ2n) is 8.06. The van der Waals surface area contributed by atoms with E-state index in [2.05, 4.69) is 15.3 Å². The molecule has 2 heterocycles. The average molecular weight is 379 g/mol. The molecule has 0 aliphatic carbocycles. The number of anilines is 1. The minimum absolute atomic E-state index is 0.172. The number of aliphatic carboxylic acids is 1. The quantitative estimate of drug-likeness (QED) is 0.591. The molecule has 0 unspecified atom stereocenters. The number of nitrogens with zero attached hydrogens (tertiary/aromatic N) is 2. The minimum Gasteiger partial charge on any atom is -0.478 e. The van der Waals surface area contributed by atoms with Crippen LogP contribution in [0, 0.1) is 5.41 Å². The van der Waals surface area contributed by atoms with Crippen molar-refractivity contribution in [1.82, 2.24) is 9.97 Å². The van der Waals surface area contributed by atoms with Crippen LogP contribution in [0.4, 0.5) is 5.82 Å². The van der Waals surface area contributed by atoms with Gasteiger partial charge in [0.25, 0.3) is 0 Å². The number of carboxylic acids is 1. The molecule has 28 heavy (non-hydrogen) atoms. The monoisotopic (exact) mass is 379 g/mol. The molecule has 2 aromatic heterocycles. The van der Waals surface area contributed by atoms with Crippen LogP contribution in [0.2, 0.25) is 0 Å². The van der Waals surface area contributed by atoms with Crippen LogP contribution in [0.25, 0.3) is 28.6 Å². The first-order valence-corrected chi connectivity index (χ1v) is 9.23. The fourth-order valence-electron chi connectivity index (χ4n) is 2.90. The van der Waals surface area contributed by atoms with Gasteiger partial charge in [-0.3, -0.25) is 0 Å². The molecular weight excluding hydrogens is 354 g/mol. The van der Waals surface area contributed by atoms with Gasteiger partial charge in [-0.1, -0.05) is 26.8 Å². The predicted molar refractivity (Wildman–Crippen MR) is 111 cm³/mol. The molecule has 146 valence electrons. The maximum absolute atomic E-state index is 11.7. The van der Waals surface area contributed by atoms with Crippen LogP contribution in [0.5, 0.6) is 0 Å². The molecule has 0 atom stereocenters. The summed E-state index contributed by atoms with van der Waals surface area (Å²) in [7, 11) is 0. The fraction of sp³-hybridized carbons (Fsp3) is 0.318. The third-order valence-corrected chi connectivity index (χ3v) is 4.24. The number of hydrogen-bond acceptors (Lipinski definition) is 5. The Kier molecular flexibility index (Phi) is 5.23. The Bertz CT molecular complexity index is 1030. The normalized spacial score (nSPS) is 12.6. The van der Waals surface area contributed by atoms with Crippen LogP contribution in [-0.4, -0.2) is 27.1 Å². The molecule has 0 spiro atoms. The zero-order valence-electron chi connectivity index (χ0n) is 16.8. The Labute approximate surface area is 164 Å². The van der Waals surface area contributed by atoms with Gasteiger partial charge in [0, 0.05) is 17.0 Å². The third-order valence-electron chi connectivity index (χ3n) is 4.24. The molecule has 0 radical (unpaired) electrons. The molecule has 0 amide bonds. The van der Waals surface area contributed by atoms with Crippen molar-refractivity contribution >= 4 is 28.8 Å². The van der Waals surface area contributed by atoms with E-state index in [9.17, 15) is 9.90 Å². The van der Waals surface area contributed by atoms with E-state index in [1.165, 1.54) is 0 Å². The summed E-state index contributed by atoms with van der Waals surface area (Å²) in [5.74, 6) is 0.871. The van der Waals surface area contributed by atoms with Crippen molar-refractivity contribution in [1.29, 1.82) is 0 Å². The number of carboxylic acid groups (broad SMARTS) is 1. The number of hydrogen-bond donors (Lipinski definition) is 2. The van der Waals surface area contributed by atoms with Gasteiger partial charge in [-0.05, 0) is 55.2 Å². The van der Waals surface area contributed by atoms with Gasteiger partial charge in [0.05, 0.1) is 11.8 Å². The Balaban J connectivity index is 2.17. The van der Waals surface area contributed by atoms with E-state index in [-0.39, 0.29) is 6.04 Å². The number of aromatic nitrogens is 2. The smallest absolute Gasteiger partial charge is 0.332 e. The largest absolute Gasteiger partial charge is 0.478 e. The van der Waals surface area contributed by atoms with E-state index in [1.54, 1.807) is 18.4 Å². The van der Waals surface area contributed by atoms with Crippen molar-refractivity contribution in [3.05, 3.63) is 47.7 Å². The standard InChI is InChI=1S/C22H25N3O3/c1-13(2)23-19-15-11-14(12-16(21(26)27)22(3,4)5)8-9-17(15)24-20(25-19)18-7-6-10-28-18/h6-13H,1-5H3,(H,26,27)(H,23,24,25)/b16-12-. The maximum Gasteiger partial charge on any atom is 0.332 e. The molecular formula is C22H25N3O3. The van der Waals surface area contributed by atoms with E-state index < -0.39 is 11.4 Å². The second kappa shape index (κ2) is 7.46. The number of carbonyl (C=O) groups is 1. The Hall–Kier alpha value is -3.15. The molecule has 3 rings (SSSR count). The van der Waals surface area contributed by atoms with Crippen LogP contribution in [-0.2, 0) is 4.79 Å². The van der Waals surface area contributed by atoms with Crippen LogP contribution < -0.4 is 5.32 Å². The van der Waals surface area contributed by atoms with Crippen molar-refractivity contribution in [3.8, 4) is 11.6 Å². The van der Waals surface area contributed by atoms with Gasteiger partial charge in [-0.25, -0.2) is 14.8 Å². The molecule has 0 aliphatic rings. The summed E-state index contributed by atoms with van der Waals surface area (Å²) in [6.07, 6.45) is 3.30. The van der Waals surface area contributed by atoms with Crippen LogP contribution in [0.3, 0.4) is 0 Å². The first-order valence-electron chi connectivity index (χ1n) is 9.23. The third kappa shape index (κ3) is 4.22. The summed E-state index contributed by atoms with van der Waals surface area (Å²) >= 11 is 0. The van der Waals surface area contributed by atoms with E-state index in [1.807, 2.05) is 58.9 Å². The van der Waals surface area contributed by atoms with Crippen LogP contribution >= 0.6 is 0 Å². The van der Waals surface area contributed by atoms with E-state index >= 15 is 0 Å². The van der Waals surface area contributed by atoms with Gasteiger partial charge in [-0.2, -0.15) is 0 Å². The summed E-state index contributed by atoms with van der Waals surface area (Å²) < 4.78 is 5.44. The molecule has 0 fully saturated rings. The van der Waals surface area contributed by atoms with Gasteiger partial charge in [0.15, 0.2) is 11.6 Å². The van der Waals surface area contributed by atoms with E-state index in [0.717, 1.165) is 16.5 Å². The molecule has 0 saturated heterocycles.